The van der Waals surface area contributed by atoms with Crippen LogP contribution in [0.4, 0.5) is 0 Å². The number of hydrogen-bond donors (Lipinski definition) is 0. The van der Waals surface area contributed by atoms with E-state index >= 15 is 0 Å². The number of rotatable bonds is 4. The van der Waals surface area contributed by atoms with Crippen LogP contribution in [0, 0.1) is 0 Å². The topological polar surface area (TPSA) is 27.7 Å². The zero-order chi connectivity index (χ0) is 15.0. The molecule has 0 spiro atoms. The van der Waals surface area contributed by atoms with Crippen LogP contribution in [0.5, 0.6) is 0 Å². The smallest absolute Gasteiger partial charge is 0.192 e. The van der Waals surface area contributed by atoms with Gasteiger partial charge in [-0.1, -0.05) is 39.0 Å². The summed E-state index contributed by atoms with van der Waals surface area (Å²) >= 11 is 0. The van der Waals surface area contributed by atoms with Crippen molar-refractivity contribution in [1.29, 1.82) is 0 Å². The van der Waals surface area contributed by atoms with E-state index in [1.807, 2.05) is 0 Å². The van der Waals surface area contributed by atoms with Gasteiger partial charge < -0.3 is 13.9 Å². The maximum absolute atomic E-state index is 6.26. The van der Waals surface area contributed by atoms with E-state index in [1.54, 1.807) is 7.11 Å². The minimum absolute atomic E-state index is 0.208. The maximum atomic E-state index is 6.26. The number of ether oxygens (including phenoxy) is 2. The lowest BCUT2D eigenvalue weighted by Gasteiger charge is -2.36. The molecule has 0 saturated heterocycles. The first kappa shape index (κ1) is 15.7. The maximum Gasteiger partial charge on any atom is 0.192 e. The number of benzene rings is 1. The van der Waals surface area contributed by atoms with E-state index in [0.29, 0.717) is 13.2 Å². The largest absolute Gasteiger partial charge is 0.413 e. The highest BCUT2D eigenvalue weighted by Crippen LogP contribution is 2.37. The summed E-state index contributed by atoms with van der Waals surface area (Å²) < 4.78 is 17.1. The molecule has 0 aliphatic carbocycles. The lowest BCUT2D eigenvalue weighted by atomic mass is 10.1. The Bertz CT molecular complexity index is 477. The predicted molar refractivity (Wildman–Crippen MR) is 83.0 cm³/mol. The van der Waals surface area contributed by atoms with Crippen molar-refractivity contribution in [3.63, 3.8) is 0 Å². The van der Waals surface area contributed by atoms with Crippen LogP contribution in [0.3, 0.4) is 0 Å². The Kier molecular flexibility index (Phi) is 4.40. The molecule has 0 N–H and O–H groups in total. The molecule has 0 radical (unpaired) electrons. The molecule has 1 atom stereocenters. The van der Waals surface area contributed by atoms with Crippen LogP contribution in [0.15, 0.2) is 18.2 Å². The lowest BCUT2D eigenvalue weighted by Crippen LogP contribution is -2.40. The van der Waals surface area contributed by atoms with Crippen molar-refractivity contribution in [2.45, 2.75) is 58.4 Å². The van der Waals surface area contributed by atoms with E-state index in [0.717, 1.165) is 5.56 Å². The van der Waals surface area contributed by atoms with Gasteiger partial charge in [-0.25, -0.2) is 0 Å². The fraction of sp³-hybridized carbons (Fsp3) is 0.625. The normalized spacial score (nSPS) is 19.2. The molecular weight excluding hydrogens is 268 g/mol. The van der Waals surface area contributed by atoms with Crippen LogP contribution >= 0.6 is 0 Å². The number of methoxy groups -OCH3 is 1. The quantitative estimate of drug-likeness (QED) is 0.771. The van der Waals surface area contributed by atoms with Gasteiger partial charge in [0.15, 0.2) is 14.6 Å². The van der Waals surface area contributed by atoms with Gasteiger partial charge in [-0.2, -0.15) is 0 Å². The average Bonchev–Trinajstić information content (AvgIpc) is 2.77. The Hall–Kier alpha value is -0.683. The summed E-state index contributed by atoms with van der Waals surface area (Å²) in [6.07, 6.45) is -0.208. The van der Waals surface area contributed by atoms with Gasteiger partial charge in [-0.05, 0) is 29.3 Å². The summed E-state index contributed by atoms with van der Waals surface area (Å²) in [7, 11) is -0.0147. The second kappa shape index (κ2) is 5.60. The van der Waals surface area contributed by atoms with Crippen LogP contribution in [-0.4, -0.2) is 15.4 Å². The standard InChI is InChI=1S/C16H26O3Si/c1-16(2,3)20(5,6)19-10-12-7-8-14-13(9-12)11-18-15(14)17-4/h7-9,15H,10-11H2,1-6H3/t15-/m0/s1. The SMILES string of the molecule is CO[C@H]1OCc2cc(CO[Si](C)(C)C(C)(C)C)ccc21. The molecule has 1 heterocycles. The first-order chi connectivity index (χ1) is 9.24. The highest BCUT2D eigenvalue weighted by Gasteiger charge is 2.37. The highest BCUT2D eigenvalue weighted by molar-refractivity contribution is 6.74. The molecule has 0 fully saturated rings. The third kappa shape index (κ3) is 3.14. The second-order valence-electron chi connectivity index (χ2n) is 6.96. The molecule has 0 aromatic heterocycles. The molecule has 20 heavy (non-hydrogen) atoms. The molecule has 0 unspecified atom stereocenters. The van der Waals surface area contributed by atoms with Crippen molar-refractivity contribution >= 4 is 8.32 Å². The van der Waals surface area contributed by atoms with Gasteiger partial charge in [0.1, 0.15) is 0 Å². The zero-order valence-corrected chi connectivity index (χ0v) is 14.4. The molecular formula is C16H26O3Si. The third-order valence-corrected chi connectivity index (χ3v) is 8.95. The molecule has 0 saturated carbocycles. The van der Waals surface area contributed by atoms with Crippen LogP contribution in [0.1, 0.15) is 43.8 Å². The Morgan fingerprint density at radius 1 is 1.30 bits per heavy atom. The van der Waals surface area contributed by atoms with Crippen molar-refractivity contribution in [2.75, 3.05) is 7.11 Å². The van der Waals surface area contributed by atoms with E-state index in [1.165, 1.54) is 11.1 Å². The monoisotopic (exact) mass is 294 g/mol. The van der Waals surface area contributed by atoms with Crippen molar-refractivity contribution in [3.8, 4) is 0 Å². The number of fused-ring (bicyclic) bond motifs is 1. The van der Waals surface area contributed by atoms with Gasteiger partial charge in [0.25, 0.3) is 0 Å². The summed E-state index contributed by atoms with van der Waals surface area (Å²) in [5.74, 6) is 0. The first-order valence-corrected chi connectivity index (χ1v) is 10.1. The van der Waals surface area contributed by atoms with Crippen molar-refractivity contribution in [1.82, 2.24) is 0 Å². The summed E-state index contributed by atoms with van der Waals surface area (Å²) in [6, 6.07) is 6.40. The molecule has 112 valence electrons. The van der Waals surface area contributed by atoms with Crippen molar-refractivity contribution in [3.05, 3.63) is 34.9 Å². The lowest BCUT2D eigenvalue weighted by molar-refractivity contribution is -0.118. The van der Waals surface area contributed by atoms with E-state index in [2.05, 4.69) is 52.1 Å². The Morgan fingerprint density at radius 3 is 2.60 bits per heavy atom. The summed E-state index contributed by atoms with van der Waals surface area (Å²) in [5, 5.41) is 0.244. The van der Waals surface area contributed by atoms with Gasteiger partial charge in [-0.15, -0.1) is 0 Å². The second-order valence-corrected chi connectivity index (χ2v) is 11.8. The van der Waals surface area contributed by atoms with E-state index < -0.39 is 8.32 Å². The fourth-order valence-corrected chi connectivity index (χ4v) is 2.99. The van der Waals surface area contributed by atoms with Crippen LogP contribution in [-0.2, 0) is 27.1 Å². The van der Waals surface area contributed by atoms with Gasteiger partial charge in [0.05, 0.1) is 13.2 Å². The third-order valence-electron chi connectivity index (χ3n) is 4.47. The molecule has 3 nitrogen and oxygen atoms in total. The van der Waals surface area contributed by atoms with Crippen molar-refractivity contribution in [2.24, 2.45) is 0 Å². The number of hydrogen-bond acceptors (Lipinski definition) is 3. The predicted octanol–water partition coefficient (Wildman–Crippen LogP) is 4.38. The van der Waals surface area contributed by atoms with Gasteiger partial charge in [0, 0.05) is 12.7 Å². The molecule has 4 heteroatoms. The highest BCUT2D eigenvalue weighted by atomic mass is 28.4. The molecule has 1 aromatic carbocycles. The summed E-state index contributed by atoms with van der Waals surface area (Å²) in [6.45, 7) is 12.7. The van der Waals surface area contributed by atoms with Crippen LogP contribution in [0.2, 0.25) is 18.1 Å². The minimum atomic E-state index is -1.69. The summed E-state index contributed by atoms with van der Waals surface area (Å²) in [5.41, 5.74) is 3.57. The molecule has 0 bridgehead atoms. The minimum Gasteiger partial charge on any atom is -0.413 e. The summed E-state index contributed by atoms with van der Waals surface area (Å²) in [4.78, 5) is 0. The Labute approximate surface area is 123 Å². The molecule has 1 aliphatic rings. The van der Waals surface area contributed by atoms with Crippen LogP contribution in [0.25, 0.3) is 0 Å². The van der Waals surface area contributed by atoms with Gasteiger partial charge in [-0.3, -0.25) is 0 Å². The van der Waals surface area contributed by atoms with Crippen molar-refractivity contribution < 1.29 is 13.9 Å². The van der Waals surface area contributed by atoms with E-state index in [4.69, 9.17) is 13.9 Å². The van der Waals surface area contributed by atoms with E-state index in [9.17, 15) is 0 Å². The molecule has 0 amide bonds. The molecule has 1 aromatic rings. The Balaban J connectivity index is 2.06. The van der Waals surface area contributed by atoms with Gasteiger partial charge in [0.2, 0.25) is 0 Å². The molecule has 2 rings (SSSR count). The first-order valence-electron chi connectivity index (χ1n) is 7.14. The van der Waals surface area contributed by atoms with Gasteiger partial charge >= 0.3 is 0 Å². The molecule has 1 aliphatic heterocycles. The van der Waals surface area contributed by atoms with E-state index in [-0.39, 0.29) is 11.3 Å². The fourth-order valence-electron chi connectivity index (χ4n) is 2.03. The average molecular weight is 294 g/mol. The van der Waals surface area contributed by atoms with Crippen LogP contribution < -0.4 is 0 Å². The Morgan fingerprint density at radius 2 is 2.00 bits per heavy atom. The zero-order valence-electron chi connectivity index (χ0n) is 13.4.